The molecule has 0 spiro atoms. The summed E-state index contributed by atoms with van der Waals surface area (Å²) in [6, 6.07) is 13.7. The number of hydrogen-bond acceptors (Lipinski definition) is 6. The molecule has 0 unspecified atom stereocenters. The summed E-state index contributed by atoms with van der Waals surface area (Å²) in [5.41, 5.74) is 1.56. The molecular weight excluding hydrogens is 386 g/mol. The Morgan fingerprint density at radius 1 is 1.21 bits per heavy atom. The van der Waals surface area contributed by atoms with Gasteiger partial charge < -0.3 is 19.7 Å². The van der Waals surface area contributed by atoms with Crippen LogP contribution in [0.25, 0.3) is 10.2 Å². The van der Waals surface area contributed by atoms with Crippen LogP contribution in [0.1, 0.15) is 28.2 Å². The van der Waals surface area contributed by atoms with Crippen molar-refractivity contribution in [1.29, 1.82) is 0 Å². The zero-order valence-electron chi connectivity index (χ0n) is 16.7. The van der Waals surface area contributed by atoms with Gasteiger partial charge in [-0.25, -0.2) is 4.98 Å². The van der Waals surface area contributed by atoms with Gasteiger partial charge in [-0.3, -0.25) is 4.79 Å². The smallest absolute Gasteiger partial charge is 0.254 e. The van der Waals surface area contributed by atoms with E-state index in [2.05, 4.69) is 11.4 Å². The maximum atomic E-state index is 13.4. The molecule has 0 radical (unpaired) electrons. The molecule has 7 heteroatoms. The van der Waals surface area contributed by atoms with Gasteiger partial charge in [0.05, 0.1) is 31.0 Å². The number of aromatic nitrogens is 1. The highest BCUT2D eigenvalue weighted by atomic mass is 32.1. The van der Waals surface area contributed by atoms with E-state index in [0.29, 0.717) is 36.2 Å². The van der Waals surface area contributed by atoms with E-state index in [1.165, 1.54) is 0 Å². The lowest BCUT2D eigenvalue weighted by atomic mass is 10.1. The Labute approximate surface area is 174 Å². The highest BCUT2D eigenvalue weighted by Crippen LogP contribution is 2.29. The minimum Gasteiger partial charge on any atom is -0.493 e. The van der Waals surface area contributed by atoms with Gasteiger partial charge in [0.15, 0.2) is 11.5 Å². The molecule has 6 nitrogen and oxygen atoms in total. The molecule has 152 valence electrons. The van der Waals surface area contributed by atoms with Crippen molar-refractivity contribution in [3.8, 4) is 11.5 Å². The molecule has 1 amide bonds. The Bertz CT molecular complexity index is 965. The monoisotopic (exact) mass is 411 g/mol. The Hall–Kier alpha value is -2.64. The first-order valence-electron chi connectivity index (χ1n) is 9.77. The standard InChI is InChI=1S/C22H25N3O3S/c1-27-18-10-9-15(12-19(18)28-2)22(26)25(13-16-6-5-11-23-16)14-21-24-17-7-3-4-8-20(17)29-21/h3-4,7-10,12,16,23H,5-6,11,13-14H2,1-2H3/t16-/m0/s1. The van der Waals surface area contributed by atoms with Gasteiger partial charge in [0.2, 0.25) is 0 Å². The van der Waals surface area contributed by atoms with E-state index in [1.807, 2.05) is 23.1 Å². The number of benzene rings is 2. The van der Waals surface area contributed by atoms with E-state index < -0.39 is 0 Å². The van der Waals surface area contributed by atoms with Gasteiger partial charge in [0, 0.05) is 18.2 Å². The number of nitrogens with one attached hydrogen (secondary N) is 1. The van der Waals surface area contributed by atoms with E-state index in [-0.39, 0.29) is 5.91 Å². The first-order chi connectivity index (χ1) is 14.2. The van der Waals surface area contributed by atoms with Crippen molar-refractivity contribution >= 4 is 27.5 Å². The average molecular weight is 412 g/mol. The van der Waals surface area contributed by atoms with Crippen LogP contribution in [-0.4, -0.2) is 49.1 Å². The molecule has 0 saturated carbocycles. The fraction of sp³-hybridized carbons (Fsp3) is 0.364. The molecule has 4 rings (SSSR count). The van der Waals surface area contributed by atoms with Crippen LogP contribution < -0.4 is 14.8 Å². The van der Waals surface area contributed by atoms with Crippen LogP contribution >= 0.6 is 11.3 Å². The number of methoxy groups -OCH3 is 2. The fourth-order valence-electron chi connectivity index (χ4n) is 3.70. The van der Waals surface area contributed by atoms with Crippen molar-refractivity contribution in [2.24, 2.45) is 0 Å². The van der Waals surface area contributed by atoms with Gasteiger partial charge >= 0.3 is 0 Å². The van der Waals surface area contributed by atoms with Crippen molar-refractivity contribution in [3.05, 3.63) is 53.0 Å². The predicted octanol–water partition coefficient (Wildman–Crippen LogP) is 3.71. The summed E-state index contributed by atoms with van der Waals surface area (Å²) >= 11 is 1.64. The number of carbonyl (C=O) groups is 1. The largest absolute Gasteiger partial charge is 0.493 e. The van der Waals surface area contributed by atoms with Crippen LogP contribution in [0.2, 0.25) is 0 Å². The van der Waals surface area contributed by atoms with Gasteiger partial charge in [-0.1, -0.05) is 12.1 Å². The number of carbonyl (C=O) groups excluding carboxylic acids is 1. The summed E-state index contributed by atoms with van der Waals surface area (Å²) in [6.07, 6.45) is 2.22. The van der Waals surface area contributed by atoms with Crippen LogP contribution in [0.4, 0.5) is 0 Å². The number of nitrogens with zero attached hydrogens (tertiary/aromatic N) is 2. The number of ether oxygens (including phenoxy) is 2. The maximum Gasteiger partial charge on any atom is 0.254 e. The lowest BCUT2D eigenvalue weighted by molar-refractivity contribution is 0.0728. The molecule has 1 atom stereocenters. The van der Waals surface area contributed by atoms with Crippen LogP contribution in [-0.2, 0) is 6.54 Å². The van der Waals surface area contributed by atoms with E-state index in [4.69, 9.17) is 14.5 Å². The summed E-state index contributed by atoms with van der Waals surface area (Å²) in [4.78, 5) is 20.0. The van der Waals surface area contributed by atoms with Gasteiger partial charge in [0.25, 0.3) is 5.91 Å². The second kappa shape index (κ2) is 8.80. The Morgan fingerprint density at radius 3 is 2.76 bits per heavy atom. The van der Waals surface area contributed by atoms with Crippen molar-refractivity contribution in [2.75, 3.05) is 27.3 Å². The van der Waals surface area contributed by atoms with Crippen LogP contribution in [0, 0.1) is 0 Å². The second-order valence-electron chi connectivity index (χ2n) is 7.12. The molecule has 2 heterocycles. The normalized spacial score (nSPS) is 16.1. The van der Waals surface area contributed by atoms with E-state index in [9.17, 15) is 4.79 Å². The SMILES string of the molecule is COc1ccc(C(=O)N(Cc2nc3ccccc3s2)C[C@@H]2CCCN2)cc1OC. The number of thiazole rings is 1. The molecule has 1 aliphatic rings. The van der Waals surface area contributed by atoms with Gasteiger partial charge in [-0.05, 0) is 49.7 Å². The first kappa shape index (κ1) is 19.7. The van der Waals surface area contributed by atoms with Crippen molar-refractivity contribution in [2.45, 2.75) is 25.4 Å². The molecule has 1 aliphatic heterocycles. The van der Waals surface area contributed by atoms with E-state index in [1.54, 1.807) is 43.8 Å². The molecule has 1 saturated heterocycles. The number of amides is 1. The molecule has 0 aliphatic carbocycles. The van der Waals surface area contributed by atoms with Gasteiger partial charge in [-0.2, -0.15) is 0 Å². The highest BCUT2D eigenvalue weighted by Gasteiger charge is 2.24. The molecule has 1 fully saturated rings. The molecule has 1 N–H and O–H groups in total. The van der Waals surface area contributed by atoms with Crippen molar-refractivity contribution < 1.29 is 14.3 Å². The lowest BCUT2D eigenvalue weighted by Crippen LogP contribution is -2.40. The van der Waals surface area contributed by atoms with E-state index >= 15 is 0 Å². The van der Waals surface area contributed by atoms with Gasteiger partial charge in [0.1, 0.15) is 5.01 Å². The number of fused-ring (bicyclic) bond motifs is 1. The molecule has 29 heavy (non-hydrogen) atoms. The topological polar surface area (TPSA) is 63.7 Å². The van der Waals surface area contributed by atoms with Crippen LogP contribution in [0.5, 0.6) is 11.5 Å². The van der Waals surface area contributed by atoms with E-state index in [0.717, 1.165) is 34.6 Å². The average Bonchev–Trinajstić information content (AvgIpc) is 3.41. The molecule has 2 aromatic carbocycles. The van der Waals surface area contributed by atoms with Crippen LogP contribution in [0.15, 0.2) is 42.5 Å². The minimum atomic E-state index is -0.0288. The third kappa shape index (κ3) is 4.36. The molecular formula is C22H25N3O3S. The van der Waals surface area contributed by atoms with Gasteiger partial charge in [-0.15, -0.1) is 11.3 Å². The minimum absolute atomic E-state index is 0.0288. The van der Waals surface area contributed by atoms with Crippen LogP contribution in [0.3, 0.4) is 0 Å². The summed E-state index contributed by atoms with van der Waals surface area (Å²) in [5, 5.41) is 4.43. The summed E-state index contributed by atoms with van der Waals surface area (Å²) in [7, 11) is 3.16. The highest BCUT2D eigenvalue weighted by molar-refractivity contribution is 7.18. The second-order valence-corrected chi connectivity index (χ2v) is 8.24. The first-order valence-corrected chi connectivity index (χ1v) is 10.6. The molecule has 3 aromatic rings. The number of rotatable bonds is 7. The van der Waals surface area contributed by atoms with Crippen molar-refractivity contribution in [1.82, 2.24) is 15.2 Å². The zero-order chi connectivity index (χ0) is 20.2. The lowest BCUT2D eigenvalue weighted by Gasteiger charge is -2.25. The Morgan fingerprint density at radius 2 is 2.03 bits per heavy atom. The maximum absolute atomic E-state index is 13.4. The van der Waals surface area contributed by atoms with Crippen molar-refractivity contribution in [3.63, 3.8) is 0 Å². The Kier molecular flexibility index (Phi) is 5.97. The third-order valence-corrected chi connectivity index (χ3v) is 6.21. The fourth-order valence-corrected chi connectivity index (χ4v) is 4.68. The summed E-state index contributed by atoms with van der Waals surface area (Å²) in [5.74, 6) is 1.13. The predicted molar refractivity (Wildman–Crippen MR) is 115 cm³/mol. The quantitative estimate of drug-likeness (QED) is 0.642. The summed E-state index contributed by atoms with van der Waals surface area (Å²) in [6.45, 7) is 2.15. The number of para-hydroxylation sites is 1. The molecule has 0 bridgehead atoms. The number of hydrogen-bond donors (Lipinski definition) is 1. The third-order valence-electron chi connectivity index (χ3n) is 5.19. The zero-order valence-corrected chi connectivity index (χ0v) is 17.5. The summed E-state index contributed by atoms with van der Waals surface area (Å²) < 4.78 is 11.8. The Balaban J connectivity index is 1.61. The molecule has 1 aromatic heterocycles.